The number of rotatable bonds is 8. The van der Waals surface area contributed by atoms with Crippen LogP contribution in [0.5, 0.6) is 0 Å². The average molecular weight is 306 g/mol. The predicted molar refractivity (Wildman–Crippen MR) is 81.9 cm³/mol. The number of nitrogens with two attached hydrogens (primary N) is 1. The minimum Gasteiger partial charge on any atom is -0.480 e. The van der Waals surface area contributed by atoms with Crippen molar-refractivity contribution in [3.63, 3.8) is 0 Å². The molecular formula is C16H22N2O4. The molecule has 0 aromatic rings. The molecule has 0 saturated heterocycles. The van der Waals surface area contributed by atoms with E-state index in [1.165, 1.54) is 0 Å². The van der Waals surface area contributed by atoms with Gasteiger partial charge in [0, 0.05) is 11.6 Å². The summed E-state index contributed by atoms with van der Waals surface area (Å²) < 4.78 is 0. The zero-order chi connectivity index (χ0) is 16.7. The molecule has 1 amide bonds. The van der Waals surface area contributed by atoms with E-state index in [2.05, 4.69) is 16.8 Å². The molecule has 5 N–H and O–H groups in total. The Kier molecular flexibility index (Phi) is 6.83. The second-order valence-corrected chi connectivity index (χ2v) is 5.66. The Bertz CT molecular complexity index is 552. The van der Waals surface area contributed by atoms with Gasteiger partial charge in [-0.05, 0) is 30.9 Å². The molecule has 6 nitrogen and oxygen atoms in total. The van der Waals surface area contributed by atoms with E-state index in [4.69, 9.17) is 10.8 Å². The van der Waals surface area contributed by atoms with Crippen molar-refractivity contribution in [2.45, 2.75) is 44.9 Å². The highest BCUT2D eigenvalue weighted by atomic mass is 16.4. The maximum Gasteiger partial charge on any atom is 0.326 e. The van der Waals surface area contributed by atoms with Crippen LogP contribution < -0.4 is 11.1 Å². The van der Waals surface area contributed by atoms with Gasteiger partial charge in [-0.1, -0.05) is 31.4 Å². The molecule has 0 aliphatic heterocycles. The predicted octanol–water partition coefficient (Wildman–Crippen LogP) is 0.487. The minimum absolute atomic E-state index is 0.0988. The van der Waals surface area contributed by atoms with E-state index in [0.717, 1.165) is 5.57 Å². The van der Waals surface area contributed by atoms with Crippen molar-refractivity contribution in [3.05, 3.63) is 35.3 Å². The van der Waals surface area contributed by atoms with Gasteiger partial charge in [-0.3, -0.25) is 4.79 Å². The Labute approximate surface area is 129 Å². The molecule has 6 heteroatoms. The van der Waals surface area contributed by atoms with Gasteiger partial charge < -0.3 is 21.3 Å². The van der Waals surface area contributed by atoms with Crippen LogP contribution in [-0.4, -0.2) is 40.3 Å². The third kappa shape index (κ3) is 5.72. The first-order valence-corrected chi connectivity index (χ1v) is 7.15. The largest absolute Gasteiger partial charge is 0.480 e. The molecule has 0 spiro atoms. The lowest BCUT2D eigenvalue weighted by atomic mass is 9.99. The second kappa shape index (κ2) is 8.37. The van der Waals surface area contributed by atoms with Crippen LogP contribution in [0, 0.1) is 5.92 Å². The Morgan fingerprint density at radius 3 is 2.59 bits per heavy atom. The van der Waals surface area contributed by atoms with Gasteiger partial charge >= 0.3 is 5.97 Å². The molecule has 0 radical (unpaired) electrons. The third-order valence-corrected chi connectivity index (χ3v) is 3.16. The molecule has 0 aromatic carbocycles. The van der Waals surface area contributed by atoms with Gasteiger partial charge in [-0.2, -0.15) is 0 Å². The van der Waals surface area contributed by atoms with E-state index in [1.54, 1.807) is 18.2 Å². The number of aliphatic hydroxyl groups is 1. The van der Waals surface area contributed by atoms with Crippen LogP contribution in [-0.2, 0) is 9.59 Å². The standard InChI is InChI=1S/C16H22N2O4/c1-10(2)8-13(16(21)22)18-15(20)14(19)12(17)9-11-6-4-3-5-7-11/h3-4,6,10,12-14,19H,8-9,17H2,1-2H3,(H,18,20)(H,21,22)/t12-,13+,14+/m1/s1. The zero-order valence-corrected chi connectivity index (χ0v) is 12.7. The van der Waals surface area contributed by atoms with Crippen LogP contribution in [0.1, 0.15) is 26.7 Å². The number of hydrogen-bond donors (Lipinski definition) is 4. The molecule has 1 rings (SSSR count). The molecule has 0 aromatic heterocycles. The molecule has 0 bridgehead atoms. The average Bonchev–Trinajstić information content (AvgIpc) is 2.46. The van der Waals surface area contributed by atoms with Gasteiger partial charge in [0.2, 0.25) is 0 Å². The van der Waals surface area contributed by atoms with Gasteiger partial charge in [0.1, 0.15) is 12.1 Å². The maximum absolute atomic E-state index is 11.9. The van der Waals surface area contributed by atoms with Crippen molar-refractivity contribution in [1.82, 2.24) is 5.32 Å². The van der Waals surface area contributed by atoms with Crippen molar-refractivity contribution in [3.8, 4) is 0 Å². The number of aliphatic hydroxyl groups excluding tert-OH is 1. The van der Waals surface area contributed by atoms with E-state index in [1.807, 2.05) is 13.8 Å². The molecular weight excluding hydrogens is 284 g/mol. The van der Waals surface area contributed by atoms with Crippen LogP contribution in [0.2, 0.25) is 0 Å². The summed E-state index contributed by atoms with van der Waals surface area (Å²) in [6.07, 6.45) is 4.25. The summed E-state index contributed by atoms with van der Waals surface area (Å²) in [5.74, 6) is -1.81. The number of aliphatic carboxylic acids is 1. The summed E-state index contributed by atoms with van der Waals surface area (Å²) in [5.41, 5.74) is 12.1. The number of carbonyl (C=O) groups excluding carboxylic acids is 1. The smallest absolute Gasteiger partial charge is 0.326 e. The zero-order valence-electron chi connectivity index (χ0n) is 12.7. The number of carboxylic acids is 1. The monoisotopic (exact) mass is 306 g/mol. The first-order chi connectivity index (χ1) is 10.3. The first-order valence-electron chi connectivity index (χ1n) is 7.15. The lowest BCUT2D eigenvalue weighted by Gasteiger charge is -2.22. The molecule has 3 atom stereocenters. The molecule has 0 heterocycles. The van der Waals surface area contributed by atoms with E-state index in [0.29, 0.717) is 0 Å². The quantitative estimate of drug-likeness (QED) is 0.487. The summed E-state index contributed by atoms with van der Waals surface area (Å²) >= 11 is 0. The molecule has 0 saturated carbocycles. The number of carboxylic acid groups (broad SMARTS) is 1. The van der Waals surface area contributed by atoms with Crippen LogP contribution in [0.4, 0.5) is 0 Å². The Morgan fingerprint density at radius 2 is 2.09 bits per heavy atom. The minimum atomic E-state index is -1.48. The van der Waals surface area contributed by atoms with Gasteiger partial charge in [-0.15, -0.1) is 0 Å². The van der Waals surface area contributed by atoms with Gasteiger partial charge in [0.05, 0.1) is 0 Å². The normalized spacial score (nSPS) is 17.0. The van der Waals surface area contributed by atoms with Crippen molar-refractivity contribution in [1.29, 1.82) is 0 Å². The lowest BCUT2D eigenvalue weighted by Crippen LogP contribution is -2.51. The van der Waals surface area contributed by atoms with Crippen LogP contribution in [0.3, 0.4) is 0 Å². The highest BCUT2D eigenvalue weighted by Crippen LogP contribution is 2.11. The van der Waals surface area contributed by atoms with Crippen molar-refractivity contribution in [2.75, 3.05) is 0 Å². The number of hydrogen-bond acceptors (Lipinski definition) is 4. The summed E-state index contributed by atoms with van der Waals surface area (Å²) in [6, 6.07) is -1.88. The fourth-order valence-corrected chi connectivity index (χ4v) is 2.02. The molecule has 1 aliphatic rings. The Balaban J connectivity index is 2.62. The van der Waals surface area contributed by atoms with Crippen LogP contribution >= 0.6 is 0 Å². The molecule has 22 heavy (non-hydrogen) atoms. The number of carbonyl (C=O) groups is 2. The van der Waals surface area contributed by atoms with Gasteiger partial charge in [0.15, 0.2) is 0 Å². The van der Waals surface area contributed by atoms with Crippen molar-refractivity contribution >= 4 is 11.9 Å². The summed E-state index contributed by atoms with van der Waals surface area (Å²) in [6.45, 7) is 3.71. The molecule has 0 fully saturated rings. The van der Waals surface area contributed by atoms with Crippen molar-refractivity contribution in [2.24, 2.45) is 11.7 Å². The highest BCUT2D eigenvalue weighted by molar-refractivity contribution is 5.86. The number of amides is 1. The fraction of sp³-hybridized carbons (Fsp3) is 0.500. The van der Waals surface area contributed by atoms with Gasteiger partial charge in [-0.25, -0.2) is 4.79 Å². The van der Waals surface area contributed by atoms with E-state index >= 15 is 0 Å². The molecule has 1 aliphatic carbocycles. The van der Waals surface area contributed by atoms with E-state index in [9.17, 15) is 14.7 Å². The van der Waals surface area contributed by atoms with E-state index < -0.39 is 30.1 Å². The molecule has 0 unspecified atom stereocenters. The topological polar surface area (TPSA) is 113 Å². The maximum atomic E-state index is 11.9. The molecule has 120 valence electrons. The van der Waals surface area contributed by atoms with Crippen LogP contribution in [0.15, 0.2) is 35.3 Å². The fourth-order valence-electron chi connectivity index (χ4n) is 2.02. The van der Waals surface area contributed by atoms with E-state index in [-0.39, 0.29) is 18.8 Å². The summed E-state index contributed by atoms with van der Waals surface area (Å²) in [4.78, 5) is 23.1. The highest BCUT2D eigenvalue weighted by Gasteiger charge is 2.28. The number of allylic oxidation sites excluding steroid dienone is 3. The first kappa shape index (κ1) is 18.0. The lowest BCUT2D eigenvalue weighted by molar-refractivity contribution is -0.144. The van der Waals surface area contributed by atoms with Gasteiger partial charge in [0.25, 0.3) is 5.91 Å². The number of nitrogens with one attached hydrogen (secondary N) is 1. The second-order valence-electron chi connectivity index (χ2n) is 5.66. The SMILES string of the molecule is CC(C)C[C@H](NC(=O)[C@@H](O)[C@H](N)CC1=C=C=CC=C1)C(=O)O. The third-order valence-electron chi connectivity index (χ3n) is 3.16. The summed E-state index contributed by atoms with van der Waals surface area (Å²) in [7, 11) is 0. The van der Waals surface area contributed by atoms with Crippen molar-refractivity contribution < 1.29 is 19.8 Å². The Hall–Kier alpha value is -2.10. The van der Waals surface area contributed by atoms with Crippen LogP contribution in [0.25, 0.3) is 0 Å². The summed E-state index contributed by atoms with van der Waals surface area (Å²) in [5, 5.41) is 21.4. The Morgan fingerprint density at radius 1 is 1.41 bits per heavy atom.